The van der Waals surface area contributed by atoms with E-state index in [-0.39, 0.29) is 25.6 Å². The Morgan fingerprint density at radius 3 is 0.859 bits per heavy atom. The molecule has 1 N–H and O–H groups in total. The molecule has 92 heavy (non-hydrogen) atoms. The lowest BCUT2D eigenvalue weighted by molar-refractivity contribution is -0.870. The van der Waals surface area contributed by atoms with Crippen LogP contribution in [0.5, 0.6) is 0 Å². The molecular formula is C82H161NO8P+. The van der Waals surface area contributed by atoms with Crippen LogP contribution in [0.1, 0.15) is 438 Å². The number of hydrogen-bond acceptors (Lipinski definition) is 7. The van der Waals surface area contributed by atoms with E-state index in [1.807, 2.05) is 21.1 Å². The first kappa shape index (κ1) is 90.5. The largest absolute Gasteiger partial charge is 0.472 e. The molecular weight excluding hydrogens is 1160 g/mol. The van der Waals surface area contributed by atoms with E-state index in [2.05, 4.69) is 38.2 Å². The molecule has 2 atom stereocenters. The number of unbranched alkanes of at least 4 members (excludes halogenated alkanes) is 60. The van der Waals surface area contributed by atoms with Crippen LogP contribution in [-0.2, 0) is 32.7 Å². The van der Waals surface area contributed by atoms with Gasteiger partial charge in [-0.05, 0) is 44.9 Å². The lowest BCUT2D eigenvalue weighted by Crippen LogP contribution is -2.37. The van der Waals surface area contributed by atoms with Crippen molar-refractivity contribution in [2.75, 3.05) is 47.5 Å². The number of carbonyl (C=O) groups is 2. The quantitative estimate of drug-likeness (QED) is 0.0211. The van der Waals surface area contributed by atoms with E-state index in [1.54, 1.807) is 0 Å². The third-order valence-electron chi connectivity index (χ3n) is 19.0. The van der Waals surface area contributed by atoms with E-state index in [0.717, 1.165) is 38.5 Å². The van der Waals surface area contributed by atoms with Crippen molar-refractivity contribution in [2.24, 2.45) is 0 Å². The normalized spacial score (nSPS) is 13.1. The molecule has 0 rings (SSSR count). The van der Waals surface area contributed by atoms with Gasteiger partial charge in [0.2, 0.25) is 0 Å². The Labute approximate surface area is 574 Å². The summed E-state index contributed by atoms with van der Waals surface area (Å²) in [6, 6.07) is 0. The van der Waals surface area contributed by atoms with Crippen LogP contribution in [0.2, 0.25) is 0 Å². The average Bonchev–Trinajstić information content (AvgIpc) is 2.14. The Balaban J connectivity index is 3.88. The molecule has 0 heterocycles. The van der Waals surface area contributed by atoms with Crippen LogP contribution in [0.4, 0.5) is 0 Å². The number of allylic oxidation sites excluding steroid dienone is 4. The SMILES string of the molecule is CCCCCCC/C=C\C/C=C\CCCCCCCCCCCCCCCCCCCCCC(=O)OC(COC(=O)CCCCCCCCCCCCCCCCCCCCCCCCCCCCCCCCCCCCCCC)COP(=O)(O)OCC[N+](C)(C)C. The van der Waals surface area contributed by atoms with Crippen molar-refractivity contribution in [3.8, 4) is 0 Å². The molecule has 0 aliphatic rings. The third-order valence-corrected chi connectivity index (χ3v) is 20.0. The fraction of sp³-hybridized carbons (Fsp3) is 0.927. The van der Waals surface area contributed by atoms with Gasteiger partial charge in [-0.2, -0.15) is 0 Å². The Morgan fingerprint density at radius 2 is 0.587 bits per heavy atom. The molecule has 0 saturated heterocycles. The van der Waals surface area contributed by atoms with Crippen molar-refractivity contribution >= 4 is 19.8 Å². The van der Waals surface area contributed by atoms with Crippen LogP contribution in [0.15, 0.2) is 24.3 Å². The predicted octanol–water partition coefficient (Wildman–Crippen LogP) is 27.2. The summed E-state index contributed by atoms with van der Waals surface area (Å²) in [4.78, 5) is 36.0. The van der Waals surface area contributed by atoms with Crippen LogP contribution in [-0.4, -0.2) is 74.9 Å². The molecule has 2 unspecified atom stereocenters. The summed E-state index contributed by atoms with van der Waals surface area (Å²) >= 11 is 0. The maximum atomic E-state index is 12.9. The number of ether oxygens (including phenoxy) is 2. The molecule has 0 aliphatic heterocycles. The van der Waals surface area contributed by atoms with E-state index in [9.17, 15) is 19.0 Å². The van der Waals surface area contributed by atoms with Gasteiger partial charge >= 0.3 is 19.8 Å². The highest BCUT2D eigenvalue weighted by molar-refractivity contribution is 7.47. The number of esters is 2. The zero-order valence-electron chi connectivity index (χ0n) is 62.6. The second-order valence-corrected chi connectivity index (χ2v) is 31.0. The minimum absolute atomic E-state index is 0.0359. The minimum atomic E-state index is -4.39. The first-order valence-corrected chi connectivity index (χ1v) is 42.6. The van der Waals surface area contributed by atoms with E-state index in [0.29, 0.717) is 23.9 Å². The average molecular weight is 1320 g/mol. The molecule has 0 radical (unpaired) electrons. The lowest BCUT2D eigenvalue weighted by Gasteiger charge is -2.24. The van der Waals surface area contributed by atoms with E-state index in [1.165, 1.54) is 366 Å². The van der Waals surface area contributed by atoms with Gasteiger partial charge in [-0.25, -0.2) is 4.57 Å². The van der Waals surface area contributed by atoms with Gasteiger partial charge < -0.3 is 18.9 Å². The molecule has 0 aromatic heterocycles. The molecule has 0 aromatic rings. The molecule has 0 amide bonds. The van der Waals surface area contributed by atoms with Crippen molar-refractivity contribution in [1.82, 2.24) is 0 Å². The number of rotatable bonds is 78. The van der Waals surface area contributed by atoms with Crippen molar-refractivity contribution < 1.29 is 42.1 Å². The number of carbonyl (C=O) groups excluding carboxylic acids is 2. The van der Waals surface area contributed by atoms with Gasteiger partial charge in [-0.1, -0.05) is 404 Å². The summed E-state index contributed by atoms with van der Waals surface area (Å²) in [5.74, 6) is -0.769. The molecule has 0 aliphatic carbocycles. The number of likely N-dealkylation sites (N-methyl/N-ethyl adjacent to an activating group) is 1. The Hall–Kier alpha value is -1.51. The fourth-order valence-electron chi connectivity index (χ4n) is 12.7. The highest BCUT2D eigenvalue weighted by Crippen LogP contribution is 2.43. The summed E-state index contributed by atoms with van der Waals surface area (Å²) in [6.07, 6.45) is 94.9. The standard InChI is InChI=1S/C82H160NO8P/c1-6-8-10-12-14-16-18-20-22-24-26-28-30-32-34-36-38-39-40-41-42-43-45-46-48-50-52-54-56-58-60-62-64-66-68-70-72-74-81(84)88-78-80(79-90-92(86,87)89-77-76-83(3,4)5)91-82(85)75-73-71-69-67-65-63-61-59-57-55-53-51-49-47-44-37-35-33-31-29-27-25-23-21-19-17-15-13-11-9-7-2/h19,21,25,27,80H,6-18,20,22-24,26,28-79H2,1-5H3/p+1/b21-19-,27-25-. The summed E-state index contributed by atoms with van der Waals surface area (Å²) in [5, 5.41) is 0. The second kappa shape index (κ2) is 73.7. The van der Waals surface area contributed by atoms with E-state index in [4.69, 9.17) is 18.5 Å². The van der Waals surface area contributed by atoms with Gasteiger partial charge in [0.05, 0.1) is 27.7 Å². The topological polar surface area (TPSA) is 108 Å². The Bertz CT molecular complexity index is 1600. The maximum Gasteiger partial charge on any atom is 0.472 e. The highest BCUT2D eigenvalue weighted by atomic mass is 31.2. The Kier molecular flexibility index (Phi) is 72.5. The number of phosphoric acid groups is 1. The van der Waals surface area contributed by atoms with Gasteiger partial charge in [0, 0.05) is 12.8 Å². The molecule has 9 nitrogen and oxygen atoms in total. The molecule has 0 aromatic carbocycles. The zero-order valence-corrected chi connectivity index (χ0v) is 63.5. The highest BCUT2D eigenvalue weighted by Gasteiger charge is 2.27. The van der Waals surface area contributed by atoms with E-state index >= 15 is 0 Å². The molecule has 0 bridgehead atoms. The molecule has 10 heteroatoms. The first-order chi connectivity index (χ1) is 45.0. The smallest absolute Gasteiger partial charge is 0.462 e. The van der Waals surface area contributed by atoms with Crippen molar-refractivity contribution in [3.63, 3.8) is 0 Å². The van der Waals surface area contributed by atoms with Crippen LogP contribution < -0.4 is 0 Å². The van der Waals surface area contributed by atoms with Gasteiger partial charge in [-0.15, -0.1) is 0 Å². The summed E-state index contributed by atoms with van der Waals surface area (Å²) in [6.45, 7) is 4.52. The van der Waals surface area contributed by atoms with Gasteiger partial charge in [0.15, 0.2) is 6.10 Å². The third kappa shape index (κ3) is 77.5. The first-order valence-electron chi connectivity index (χ1n) is 41.1. The number of quaternary nitrogens is 1. The number of nitrogens with zero attached hydrogens (tertiary/aromatic N) is 1. The van der Waals surface area contributed by atoms with Crippen LogP contribution in [0.25, 0.3) is 0 Å². The zero-order chi connectivity index (χ0) is 66.9. The fourth-order valence-corrected chi connectivity index (χ4v) is 13.4. The number of hydrogen-bond donors (Lipinski definition) is 1. The summed E-state index contributed by atoms with van der Waals surface area (Å²) in [7, 11) is 1.51. The lowest BCUT2D eigenvalue weighted by atomic mass is 10.0. The van der Waals surface area contributed by atoms with Crippen molar-refractivity contribution in [1.29, 1.82) is 0 Å². The van der Waals surface area contributed by atoms with Gasteiger partial charge in [-0.3, -0.25) is 18.6 Å². The van der Waals surface area contributed by atoms with Gasteiger partial charge in [0.1, 0.15) is 19.8 Å². The van der Waals surface area contributed by atoms with Crippen LogP contribution in [0, 0.1) is 0 Å². The molecule has 0 spiro atoms. The second-order valence-electron chi connectivity index (χ2n) is 29.5. The van der Waals surface area contributed by atoms with Crippen LogP contribution >= 0.6 is 7.82 Å². The molecule has 0 saturated carbocycles. The van der Waals surface area contributed by atoms with Crippen molar-refractivity contribution in [2.45, 2.75) is 444 Å². The van der Waals surface area contributed by atoms with Crippen LogP contribution in [0.3, 0.4) is 0 Å². The Morgan fingerprint density at radius 1 is 0.337 bits per heavy atom. The molecule has 0 fully saturated rings. The number of phosphoric ester groups is 1. The van der Waals surface area contributed by atoms with Crippen molar-refractivity contribution in [3.05, 3.63) is 24.3 Å². The summed E-state index contributed by atoms with van der Waals surface area (Å²) in [5.41, 5.74) is 0. The minimum Gasteiger partial charge on any atom is -0.462 e. The van der Waals surface area contributed by atoms with E-state index < -0.39 is 26.5 Å². The summed E-state index contributed by atoms with van der Waals surface area (Å²) < 4.78 is 34.8. The molecule has 546 valence electrons. The maximum absolute atomic E-state index is 12.9. The predicted molar refractivity (Wildman–Crippen MR) is 400 cm³/mol. The monoisotopic (exact) mass is 1320 g/mol. The van der Waals surface area contributed by atoms with Gasteiger partial charge in [0.25, 0.3) is 0 Å².